The van der Waals surface area contributed by atoms with E-state index in [0.29, 0.717) is 0 Å². The lowest BCUT2D eigenvalue weighted by Gasteiger charge is -2.17. The third-order valence-electron chi connectivity index (χ3n) is 3.03. The molecule has 0 saturated heterocycles. The van der Waals surface area contributed by atoms with Crippen LogP contribution in [0.1, 0.15) is 38.6 Å². The SMILES string of the molecule is CCC(C)(C)c1nc2cc(C)cc(Br)n2n1. The Labute approximate surface area is 104 Å². The van der Waals surface area contributed by atoms with Gasteiger partial charge in [-0.15, -0.1) is 5.10 Å². The van der Waals surface area contributed by atoms with Crippen LogP contribution >= 0.6 is 15.9 Å². The fourth-order valence-corrected chi connectivity index (χ4v) is 2.14. The molecule has 0 amide bonds. The van der Waals surface area contributed by atoms with Crippen LogP contribution in [-0.4, -0.2) is 14.6 Å². The number of fused-ring (bicyclic) bond motifs is 1. The molecule has 3 nitrogen and oxygen atoms in total. The highest BCUT2D eigenvalue weighted by Gasteiger charge is 2.23. The number of pyridine rings is 1. The fraction of sp³-hybridized carbons (Fsp3) is 0.500. The maximum atomic E-state index is 4.60. The number of hydrogen-bond donors (Lipinski definition) is 0. The molecule has 0 fully saturated rings. The molecule has 2 rings (SSSR count). The van der Waals surface area contributed by atoms with Crippen molar-refractivity contribution in [3.8, 4) is 0 Å². The molecule has 0 aliphatic carbocycles. The quantitative estimate of drug-likeness (QED) is 0.789. The van der Waals surface area contributed by atoms with Gasteiger partial charge in [0.2, 0.25) is 0 Å². The molecule has 0 bridgehead atoms. The summed E-state index contributed by atoms with van der Waals surface area (Å²) in [5.41, 5.74) is 2.12. The summed E-state index contributed by atoms with van der Waals surface area (Å²) in [5.74, 6) is 0.904. The van der Waals surface area contributed by atoms with Gasteiger partial charge in [-0.2, -0.15) is 0 Å². The van der Waals surface area contributed by atoms with Gasteiger partial charge in [-0.05, 0) is 47.0 Å². The Morgan fingerprint density at radius 1 is 1.38 bits per heavy atom. The molecule has 0 aromatic carbocycles. The standard InChI is InChI=1S/C12H16BrN3/c1-5-12(3,4)11-14-10-7-8(2)6-9(13)16(10)15-11/h6-7H,5H2,1-4H3. The van der Waals surface area contributed by atoms with E-state index >= 15 is 0 Å². The van der Waals surface area contributed by atoms with Gasteiger partial charge in [0.25, 0.3) is 0 Å². The van der Waals surface area contributed by atoms with Crippen molar-refractivity contribution < 1.29 is 0 Å². The van der Waals surface area contributed by atoms with Crippen LogP contribution in [0.5, 0.6) is 0 Å². The lowest BCUT2D eigenvalue weighted by atomic mass is 9.90. The monoisotopic (exact) mass is 281 g/mol. The summed E-state index contributed by atoms with van der Waals surface area (Å²) in [6.07, 6.45) is 1.03. The third-order valence-corrected chi connectivity index (χ3v) is 3.59. The Morgan fingerprint density at radius 3 is 2.69 bits per heavy atom. The Hall–Kier alpha value is -0.900. The Morgan fingerprint density at radius 2 is 2.06 bits per heavy atom. The van der Waals surface area contributed by atoms with Gasteiger partial charge in [0.1, 0.15) is 4.60 Å². The molecule has 0 aliphatic heterocycles. The van der Waals surface area contributed by atoms with Crippen molar-refractivity contribution in [1.82, 2.24) is 14.6 Å². The summed E-state index contributed by atoms with van der Waals surface area (Å²) in [7, 11) is 0. The van der Waals surface area contributed by atoms with Gasteiger partial charge in [0.05, 0.1) is 0 Å². The van der Waals surface area contributed by atoms with Crippen molar-refractivity contribution >= 4 is 21.6 Å². The topological polar surface area (TPSA) is 30.2 Å². The van der Waals surface area contributed by atoms with Gasteiger partial charge < -0.3 is 0 Å². The van der Waals surface area contributed by atoms with Gasteiger partial charge in [-0.25, -0.2) is 9.50 Å². The molecule has 0 aliphatic rings. The molecule has 0 saturated carbocycles. The minimum atomic E-state index is 0.0271. The van der Waals surface area contributed by atoms with Crippen LogP contribution in [0.2, 0.25) is 0 Å². The summed E-state index contributed by atoms with van der Waals surface area (Å²) in [5, 5.41) is 4.55. The smallest absolute Gasteiger partial charge is 0.157 e. The molecule has 0 atom stereocenters. The second-order valence-corrected chi connectivity index (χ2v) is 5.61. The van der Waals surface area contributed by atoms with E-state index in [1.807, 2.05) is 16.6 Å². The molecular formula is C12H16BrN3. The summed E-state index contributed by atoms with van der Waals surface area (Å²) in [6.45, 7) is 8.56. The molecule has 2 heterocycles. The molecule has 0 unspecified atom stereocenters. The largest absolute Gasteiger partial charge is 0.211 e. The van der Waals surface area contributed by atoms with Crippen molar-refractivity contribution in [2.75, 3.05) is 0 Å². The molecule has 0 radical (unpaired) electrons. The van der Waals surface area contributed by atoms with Crippen LogP contribution in [0, 0.1) is 6.92 Å². The molecule has 16 heavy (non-hydrogen) atoms. The zero-order valence-electron chi connectivity index (χ0n) is 10.1. The predicted octanol–water partition coefficient (Wildman–Crippen LogP) is 3.49. The van der Waals surface area contributed by atoms with Crippen LogP contribution < -0.4 is 0 Å². The zero-order chi connectivity index (χ0) is 11.9. The van der Waals surface area contributed by atoms with Crippen LogP contribution in [0.15, 0.2) is 16.7 Å². The van der Waals surface area contributed by atoms with E-state index in [2.05, 4.69) is 53.7 Å². The number of nitrogens with zero attached hydrogens (tertiary/aromatic N) is 3. The zero-order valence-corrected chi connectivity index (χ0v) is 11.7. The number of rotatable bonds is 2. The van der Waals surface area contributed by atoms with Crippen LogP contribution in [-0.2, 0) is 5.41 Å². The van der Waals surface area contributed by atoms with E-state index in [0.717, 1.165) is 22.5 Å². The highest BCUT2D eigenvalue weighted by Crippen LogP contribution is 2.25. The first-order valence-electron chi connectivity index (χ1n) is 5.47. The average molecular weight is 282 g/mol. The molecule has 2 aromatic heterocycles. The summed E-state index contributed by atoms with van der Waals surface area (Å²) in [6, 6.07) is 4.09. The van der Waals surface area contributed by atoms with Gasteiger partial charge in [0.15, 0.2) is 11.5 Å². The van der Waals surface area contributed by atoms with E-state index in [4.69, 9.17) is 0 Å². The Balaban J connectivity index is 2.65. The van der Waals surface area contributed by atoms with Crippen LogP contribution in [0.3, 0.4) is 0 Å². The number of aryl methyl sites for hydroxylation is 1. The molecular weight excluding hydrogens is 266 g/mol. The minimum Gasteiger partial charge on any atom is -0.211 e. The van der Waals surface area contributed by atoms with E-state index in [1.54, 1.807) is 0 Å². The fourth-order valence-electron chi connectivity index (χ4n) is 1.51. The predicted molar refractivity (Wildman–Crippen MR) is 68.7 cm³/mol. The van der Waals surface area contributed by atoms with E-state index in [9.17, 15) is 0 Å². The first-order chi connectivity index (χ1) is 7.44. The highest BCUT2D eigenvalue weighted by molar-refractivity contribution is 9.10. The molecule has 86 valence electrons. The van der Waals surface area contributed by atoms with Gasteiger partial charge in [0, 0.05) is 5.41 Å². The molecule has 2 aromatic rings. The van der Waals surface area contributed by atoms with Crippen molar-refractivity contribution in [3.05, 3.63) is 28.1 Å². The van der Waals surface area contributed by atoms with Gasteiger partial charge in [-0.3, -0.25) is 0 Å². The maximum absolute atomic E-state index is 4.60. The summed E-state index contributed by atoms with van der Waals surface area (Å²) in [4.78, 5) is 4.60. The molecule has 4 heteroatoms. The average Bonchev–Trinajstić information content (AvgIpc) is 2.62. The summed E-state index contributed by atoms with van der Waals surface area (Å²) < 4.78 is 2.80. The number of aromatic nitrogens is 3. The molecule has 0 N–H and O–H groups in total. The lowest BCUT2D eigenvalue weighted by Crippen LogP contribution is -2.17. The second kappa shape index (κ2) is 3.84. The van der Waals surface area contributed by atoms with E-state index in [-0.39, 0.29) is 5.41 Å². The van der Waals surface area contributed by atoms with Gasteiger partial charge in [-0.1, -0.05) is 20.8 Å². The van der Waals surface area contributed by atoms with Crippen LogP contribution in [0.4, 0.5) is 0 Å². The first kappa shape index (κ1) is 11.6. The van der Waals surface area contributed by atoms with Crippen LogP contribution in [0.25, 0.3) is 5.65 Å². The minimum absolute atomic E-state index is 0.0271. The number of hydrogen-bond acceptors (Lipinski definition) is 2. The van der Waals surface area contributed by atoms with E-state index < -0.39 is 0 Å². The van der Waals surface area contributed by atoms with Crippen molar-refractivity contribution in [2.24, 2.45) is 0 Å². The normalized spacial score (nSPS) is 12.3. The lowest BCUT2D eigenvalue weighted by molar-refractivity contribution is 0.473. The van der Waals surface area contributed by atoms with Crippen molar-refractivity contribution in [2.45, 2.75) is 39.5 Å². The van der Waals surface area contributed by atoms with Crippen molar-refractivity contribution in [3.63, 3.8) is 0 Å². The maximum Gasteiger partial charge on any atom is 0.157 e. The van der Waals surface area contributed by atoms with Gasteiger partial charge >= 0.3 is 0 Å². The Bertz CT molecular complexity index is 528. The Kier molecular flexibility index (Phi) is 2.78. The number of halogens is 1. The van der Waals surface area contributed by atoms with E-state index in [1.165, 1.54) is 5.56 Å². The first-order valence-corrected chi connectivity index (χ1v) is 6.27. The second-order valence-electron chi connectivity index (χ2n) is 4.80. The van der Waals surface area contributed by atoms with Crippen molar-refractivity contribution in [1.29, 1.82) is 0 Å². The third kappa shape index (κ3) is 1.86. The highest BCUT2D eigenvalue weighted by atomic mass is 79.9. The molecule has 0 spiro atoms. The summed E-state index contributed by atoms with van der Waals surface area (Å²) >= 11 is 3.51.